The summed E-state index contributed by atoms with van der Waals surface area (Å²) in [7, 11) is 0. The predicted octanol–water partition coefficient (Wildman–Crippen LogP) is 4.34. The SMILES string of the molecule is O=C(CSc1nc2ccccc2c2nc3ccccc3n12)c1ccc[nH]1. The number of aromatic nitrogens is 4. The molecule has 5 rings (SSSR count). The Kier molecular flexibility index (Phi) is 3.50. The van der Waals surface area contributed by atoms with E-state index in [9.17, 15) is 4.79 Å². The van der Waals surface area contributed by atoms with Gasteiger partial charge in [0.15, 0.2) is 10.9 Å². The molecule has 1 N–H and O–H groups in total. The minimum atomic E-state index is 0.0486. The fourth-order valence-electron chi connectivity index (χ4n) is 3.12. The third-order valence-corrected chi connectivity index (χ3v) is 5.28. The van der Waals surface area contributed by atoms with Crippen molar-refractivity contribution in [1.82, 2.24) is 19.4 Å². The van der Waals surface area contributed by atoms with Gasteiger partial charge in [-0.2, -0.15) is 0 Å². The number of carbonyl (C=O) groups excluding carboxylic acids is 1. The van der Waals surface area contributed by atoms with E-state index in [0.29, 0.717) is 11.4 Å². The highest BCUT2D eigenvalue weighted by molar-refractivity contribution is 7.99. The van der Waals surface area contributed by atoms with Crippen molar-refractivity contribution in [2.24, 2.45) is 0 Å². The fourth-order valence-corrected chi connectivity index (χ4v) is 4.01. The molecule has 0 amide bonds. The van der Waals surface area contributed by atoms with Gasteiger partial charge < -0.3 is 4.98 Å². The highest BCUT2D eigenvalue weighted by Gasteiger charge is 2.15. The molecule has 6 heteroatoms. The summed E-state index contributed by atoms with van der Waals surface area (Å²) in [6, 6.07) is 19.6. The third kappa shape index (κ3) is 2.38. The zero-order valence-electron chi connectivity index (χ0n) is 13.7. The molecule has 0 fully saturated rings. The monoisotopic (exact) mass is 358 g/mol. The van der Waals surface area contributed by atoms with Crippen LogP contribution in [0.1, 0.15) is 10.5 Å². The number of hydrogen-bond acceptors (Lipinski definition) is 4. The van der Waals surface area contributed by atoms with Crippen molar-refractivity contribution in [2.45, 2.75) is 5.16 Å². The van der Waals surface area contributed by atoms with Gasteiger partial charge in [0, 0.05) is 11.6 Å². The second-order valence-electron chi connectivity index (χ2n) is 5.97. The van der Waals surface area contributed by atoms with Crippen LogP contribution in [0, 0.1) is 0 Å². The molecule has 5 aromatic rings. The van der Waals surface area contributed by atoms with E-state index >= 15 is 0 Å². The number of nitrogens with one attached hydrogen (secondary N) is 1. The number of thioether (sulfide) groups is 1. The molecule has 0 aliphatic heterocycles. The number of nitrogens with zero attached hydrogens (tertiary/aromatic N) is 3. The van der Waals surface area contributed by atoms with E-state index in [0.717, 1.165) is 32.7 Å². The van der Waals surface area contributed by atoms with Gasteiger partial charge in [0.25, 0.3) is 0 Å². The first kappa shape index (κ1) is 15.2. The molecule has 3 aromatic heterocycles. The first-order valence-corrected chi connectivity index (χ1v) is 9.25. The van der Waals surface area contributed by atoms with Gasteiger partial charge in [-0.3, -0.25) is 9.20 Å². The van der Waals surface area contributed by atoms with Gasteiger partial charge in [-0.1, -0.05) is 36.0 Å². The Morgan fingerprint density at radius 2 is 1.77 bits per heavy atom. The summed E-state index contributed by atoms with van der Waals surface area (Å²) in [5.74, 6) is 0.362. The highest BCUT2D eigenvalue weighted by atomic mass is 32.2. The van der Waals surface area contributed by atoms with Crippen molar-refractivity contribution in [3.63, 3.8) is 0 Å². The molecule has 3 heterocycles. The summed E-state index contributed by atoms with van der Waals surface area (Å²) in [5, 5.41) is 1.77. The van der Waals surface area contributed by atoms with E-state index < -0.39 is 0 Å². The van der Waals surface area contributed by atoms with E-state index in [1.807, 2.05) is 59.0 Å². The van der Waals surface area contributed by atoms with Crippen LogP contribution in [-0.4, -0.2) is 30.9 Å². The van der Waals surface area contributed by atoms with Crippen LogP contribution in [0.5, 0.6) is 0 Å². The van der Waals surface area contributed by atoms with Crippen LogP contribution in [0.25, 0.3) is 27.6 Å². The number of ketones is 1. The number of benzene rings is 2. The highest BCUT2D eigenvalue weighted by Crippen LogP contribution is 2.29. The van der Waals surface area contributed by atoms with Crippen LogP contribution in [0.4, 0.5) is 0 Å². The summed E-state index contributed by atoms with van der Waals surface area (Å²) >= 11 is 1.43. The summed E-state index contributed by atoms with van der Waals surface area (Å²) in [6.07, 6.45) is 1.76. The lowest BCUT2D eigenvalue weighted by atomic mass is 10.2. The molecule has 126 valence electrons. The Hall–Kier alpha value is -3.12. The molecule has 5 nitrogen and oxygen atoms in total. The topological polar surface area (TPSA) is 63.1 Å². The van der Waals surface area contributed by atoms with Crippen molar-refractivity contribution in [3.8, 4) is 0 Å². The minimum Gasteiger partial charge on any atom is -0.359 e. The normalized spacial score (nSPS) is 11.5. The van der Waals surface area contributed by atoms with Gasteiger partial charge in [0.2, 0.25) is 0 Å². The van der Waals surface area contributed by atoms with Gasteiger partial charge in [-0.15, -0.1) is 0 Å². The molecule has 0 spiro atoms. The van der Waals surface area contributed by atoms with E-state index in [-0.39, 0.29) is 5.78 Å². The van der Waals surface area contributed by atoms with E-state index in [2.05, 4.69) is 4.98 Å². The average molecular weight is 358 g/mol. The first-order valence-electron chi connectivity index (χ1n) is 8.26. The number of Topliss-reactive ketones (excluding diaryl/α,β-unsaturated/α-hetero) is 1. The molecule has 0 bridgehead atoms. The van der Waals surface area contributed by atoms with Gasteiger partial charge in [0.05, 0.1) is 28.0 Å². The molecule has 0 unspecified atom stereocenters. The Morgan fingerprint density at radius 3 is 2.62 bits per heavy atom. The predicted molar refractivity (Wildman–Crippen MR) is 104 cm³/mol. The molecule has 0 atom stereocenters. The molecule has 0 aliphatic rings. The average Bonchev–Trinajstić information content (AvgIpc) is 3.34. The van der Waals surface area contributed by atoms with Crippen molar-refractivity contribution in [1.29, 1.82) is 0 Å². The Labute approximate surface area is 153 Å². The van der Waals surface area contributed by atoms with Crippen LogP contribution in [0.3, 0.4) is 0 Å². The lowest BCUT2D eigenvalue weighted by Gasteiger charge is -2.08. The largest absolute Gasteiger partial charge is 0.359 e. The number of para-hydroxylation sites is 3. The van der Waals surface area contributed by atoms with Gasteiger partial charge in [-0.05, 0) is 36.4 Å². The molecule has 26 heavy (non-hydrogen) atoms. The van der Waals surface area contributed by atoms with Crippen molar-refractivity contribution in [2.75, 3.05) is 5.75 Å². The Balaban J connectivity index is 1.68. The summed E-state index contributed by atoms with van der Waals surface area (Å²) in [5.41, 5.74) is 4.28. The molecule has 0 aliphatic carbocycles. The van der Waals surface area contributed by atoms with Crippen LogP contribution in [0.15, 0.2) is 72.0 Å². The summed E-state index contributed by atoms with van der Waals surface area (Å²) in [4.78, 5) is 24.9. The summed E-state index contributed by atoms with van der Waals surface area (Å²) < 4.78 is 2.05. The van der Waals surface area contributed by atoms with Crippen LogP contribution < -0.4 is 0 Å². The maximum atomic E-state index is 12.4. The lowest BCUT2D eigenvalue weighted by Crippen LogP contribution is -2.05. The maximum absolute atomic E-state index is 12.4. The Morgan fingerprint density at radius 1 is 0.962 bits per heavy atom. The molecule has 0 saturated heterocycles. The number of imidazole rings is 1. The second kappa shape index (κ2) is 6.00. The van der Waals surface area contributed by atoms with Crippen molar-refractivity contribution in [3.05, 3.63) is 72.6 Å². The Bertz CT molecular complexity index is 1260. The molecule has 2 aromatic carbocycles. The number of fused-ring (bicyclic) bond motifs is 5. The fraction of sp³-hybridized carbons (Fsp3) is 0.0500. The molecular weight excluding hydrogens is 344 g/mol. The van der Waals surface area contributed by atoms with Crippen molar-refractivity contribution < 1.29 is 4.79 Å². The smallest absolute Gasteiger partial charge is 0.189 e. The van der Waals surface area contributed by atoms with E-state index in [1.54, 1.807) is 12.3 Å². The van der Waals surface area contributed by atoms with Crippen LogP contribution >= 0.6 is 11.8 Å². The molecular formula is C20H14N4OS. The van der Waals surface area contributed by atoms with Gasteiger partial charge in [-0.25, -0.2) is 9.97 Å². The molecule has 0 saturated carbocycles. The number of rotatable bonds is 4. The van der Waals surface area contributed by atoms with Crippen LogP contribution in [0.2, 0.25) is 0 Å². The number of aromatic amines is 1. The van der Waals surface area contributed by atoms with Gasteiger partial charge in [0.1, 0.15) is 5.65 Å². The number of H-pyrrole nitrogens is 1. The molecule has 0 radical (unpaired) electrons. The van der Waals surface area contributed by atoms with E-state index in [1.165, 1.54) is 11.8 Å². The maximum Gasteiger partial charge on any atom is 0.189 e. The minimum absolute atomic E-state index is 0.0486. The standard InChI is InChI=1S/C20H14N4OS/c25-18(16-9-5-11-21-16)12-26-20-23-14-7-2-1-6-13(14)19-22-15-8-3-4-10-17(15)24(19)20/h1-11,21H,12H2. The lowest BCUT2D eigenvalue weighted by molar-refractivity contribution is 0.101. The number of carbonyl (C=O) groups is 1. The van der Waals surface area contributed by atoms with E-state index in [4.69, 9.17) is 9.97 Å². The third-order valence-electron chi connectivity index (χ3n) is 4.34. The van der Waals surface area contributed by atoms with Crippen molar-refractivity contribution >= 4 is 45.1 Å². The van der Waals surface area contributed by atoms with Gasteiger partial charge >= 0.3 is 0 Å². The zero-order valence-corrected chi connectivity index (χ0v) is 14.5. The zero-order chi connectivity index (χ0) is 17.5. The quantitative estimate of drug-likeness (QED) is 0.295. The second-order valence-corrected chi connectivity index (χ2v) is 6.91. The van der Waals surface area contributed by atoms with Crippen LogP contribution in [-0.2, 0) is 0 Å². The number of hydrogen-bond donors (Lipinski definition) is 1. The summed E-state index contributed by atoms with van der Waals surface area (Å²) in [6.45, 7) is 0. The first-order chi connectivity index (χ1) is 12.8.